The Morgan fingerprint density at radius 2 is 1.84 bits per heavy atom. The maximum atomic E-state index is 13.4. The first-order valence-corrected chi connectivity index (χ1v) is 12.0. The summed E-state index contributed by atoms with van der Waals surface area (Å²) < 4.78 is 19.8. The van der Waals surface area contributed by atoms with Gasteiger partial charge in [-0.1, -0.05) is 12.1 Å². The lowest BCUT2D eigenvalue weighted by molar-refractivity contribution is 0.429. The molecule has 162 valence electrons. The second-order valence-electron chi connectivity index (χ2n) is 8.99. The second-order valence-corrected chi connectivity index (χ2v) is 9.72. The van der Waals surface area contributed by atoms with E-state index in [1.165, 1.54) is 36.5 Å². The molecule has 3 aromatic rings. The van der Waals surface area contributed by atoms with Crippen molar-refractivity contribution in [2.75, 3.05) is 10.2 Å². The standard InChI is InChI=1S/C22H26FN7S/c1-13-24-22(31-28-13)30-17-8-9-18(30)12-16(11-17)25-21-26-20-19(3-2-10-29(20)27-21)14-4-6-15(23)7-5-14/h4-7,16-19H,2-3,8-12H2,1H3,(H,25,27). The van der Waals surface area contributed by atoms with Gasteiger partial charge in [-0.15, -0.1) is 5.10 Å². The predicted octanol–water partition coefficient (Wildman–Crippen LogP) is 4.11. The first kappa shape index (κ1) is 19.2. The molecule has 2 aromatic heterocycles. The highest BCUT2D eigenvalue weighted by molar-refractivity contribution is 7.09. The van der Waals surface area contributed by atoms with Crippen molar-refractivity contribution in [2.24, 2.45) is 0 Å². The molecule has 2 saturated heterocycles. The second kappa shape index (κ2) is 7.55. The molecule has 6 rings (SSSR count). The van der Waals surface area contributed by atoms with Gasteiger partial charge in [0.25, 0.3) is 0 Å². The third-order valence-corrected chi connectivity index (χ3v) is 7.77. The Kier molecular flexibility index (Phi) is 4.66. The van der Waals surface area contributed by atoms with Gasteiger partial charge in [-0.2, -0.15) is 9.36 Å². The van der Waals surface area contributed by atoms with Gasteiger partial charge < -0.3 is 10.2 Å². The summed E-state index contributed by atoms with van der Waals surface area (Å²) in [5.74, 6) is 2.56. The number of hydrogen-bond acceptors (Lipinski definition) is 7. The number of hydrogen-bond donors (Lipinski definition) is 1. The van der Waals surface area contributed by atoms with Crippen LogP contribution in [-0.4, -0.2) is 42.2 Å². The molecule has 3 unspecified atom stereocenters. The van der Waals surface area contributed by atoms with Crippen molar-refractivity contribution in [1.82, 2.24) is 24.1 Å². The molecule has 9 heteroatoms. The van der Waals surface area contributed by atoms with Crippen LogP contribution in [0.1, 0.15) is 61.7 Å². The number of aromatic nitrogens is 5. The van der Waals surface area contributed by atoms with Crippen LogP contribution >= 0.6 is 11.5 Å². The highest BCUT2D eigenvalue weighted by Crippen LogP contribution is 2.41. The van der Waals surface area contributed by atoms with Crippen LogP contribution in [-0.2, 0) is 6.54 Å². The van der Waals surface area contributed by atoms with E-state index in [-0.39, 0.29) is 11.7 Å². The van der Waals surface area contributed by atoms with Gasteiger partial charge in [-0.3, -0.25) is 0 Å². The SMILES string of the molecule is Cc1nsc(N2C3CCC2CC(Nc2nc4n(n2)CCCC4c2ccc(F)cc2)C3)n1. The van der Waals surface area contributed by atoms with E-state index >= 15 is 0 Å². The van der Waals surface area contributed by atoms with Crippen molar-refractivity contribution < 1.29 is 4.39 Å². The van der Waals surface area contributed by atoms with Crippen molar-refractivity contribution in [1.29, 1.82) is 0 Å². The van der Waals surface area contributed by atoms with Gasteiger partial charge in [0.2, 0.25) is 11.1 Å². The summed E-state index contributed by atoms with van der Waals surface area (Å²) in [6.07, 6.45) is 6.64. The Labute approximate surface area is 184 Å². The van der Waals surface area contributed by atoms with E-state index in [2.05, 4.69) is 19.6 Å². The van der Waals surface area contributed by atoms with Crippen LogP contribution < -0.4 is 10.2 Å². The van der Waals surface area contributed by atoms with Crippen LogP contribution in [0.25, 0.3) is 0 Å². The van der Waals surface area contributed by atoms with E-state index in [9.17, 15) is 4.39 Å². The van der Waals surface area contributed by atoms with Crippen molar-refractivity contribution >= 4 is 22.6 Å². The van der Waals surface area contributed by atoms with E-state index in [4.69, 9.17) is 10.1 Å². The monoisotopic (exact) mass is 439 g/mol. The van der Waals surface area contributed by atoms with Crippen LogP contribution in [0.3, 0.4) is 0 Å². The van der Waals surface area contributed by atoms with Gasteiger partial charge in [0, 0.05) is 42.1 Å². The Balaban J connectivity index is 1.19. The van der Waals surface area contributed by atoms with Gasteiger partial charge >= 0.3 is 0 Å². The lowest BCUT2D eigenvalue weighted by atomic mass is 9.91. The van der Waals surface area contributed by atoms with Crippen LogP contribution in [0.4, 0.5) is 15.5 Å². The number of nitrogens with one attached hydrogen (secondary N) is 1. The normalized spacial score (nSPS) is 27.4. The molecule has 3 aliphatic heterocycles. The number of fused-ring (bicyclic) bond motifs is 3. The number of anilines is 2. The number of benzene rings is 1. The van der Waals surface area contributed by atoms with Gasteiger partial charge in [0.05, 0.1) is 0 Å². The quantitative estimate of drug-likeness (QED) is 0.660. The van der Waals surface area contributed by atoms with Crippen molar-refractivity contribution in [3.8, 4) is 0 Å². The maximum Gasteiger partial charge on any atom is 0.242 e. The molecular formula is C22H26FN7S. The molecule has 0 spiro atoms. The summed E-state index contributed by atoms with van der Waals surface area (Å²) in [6, 6.07) is 8.21. The van der Waals surface area contributed by atoms with E-state index in [0.717, 1.165) is 60.5 Å². The summed E-state index contributed by atoms with van der Waals surface area (Å²) in [5, 5.41) is 9.48. The molecule has 0 saturated carbocycles. The van der Waals surface area contributed by atoms with Gasteiger partial charge in [0.1, 0.15) is 17.5 Å². The van der Waals surface area contributed by atoms with E-state index in [1.807, 2.05) is 23.7 Å². The number of piperidine rings is 1. The average molecular weight is 440 g/mol. The minimum Gasteiger partial charge on any atom is -0.350 e. The zero-order chi connectivity index (χ0) is 20.9. The number of aryl methyl sites for hydroxylation is 2. The third-order valence-electron chi connectivity index (χ3n) is 6.95. The van der Waals surface area contributed by atoms with E-state index in [0.29, 0.717) is 18.1 Å². The van der Waals surface area contributed by atoms with Crippen molar-refractivity contribution in [2.45, 2.75) is 76.0 Å². The smallest absolute Gasteiger partial charge is 0.242 e. The summed E-state index contributed by atoms with van der Waals surface area (Å²) in [6.45, 7) is 2.85. The molecule has 1 N–H and O–H groups in total. The molecule has 0 aliphatic carbocycles. The Morgan fingerprint density at radius 3 is 2.55 bits per heavy atom. The molecule has 3 atom stereocenters. The largest absolute Gasteiger partial charge is 0.350 e. The fraction of sp³-hybridized carbons (Fsp3) is 0.545. The van der Waals surface area contributed by atoms with Gasteiger partial charge in [-0.05, 0) is 63.1 Å². The molecule has 1 aromatic carbocycles. The molecule has 2 bridgehead atoms. The van der Waals surface area contributed by atoms with Crippen LogP contribution in [0.5, 0.6) is 0 Å². The van der Waals surface area contributed by atoms with Crippen molar-refractivity contribution in [3.05, 3.63) is 47.3 Å². The molecule has 2 fully saturated rings. The summed E-state index contributed by atoms with van der Waals surface area (Å²) >= 11 is 1.52. The number of nitrogens with zero attached hydrogens (tertiary/aromatic N) is 6. The maximum absolute atomic E-state index is 13.4. The number of halogens is 1. The van der Waals surface area contributed by atoms with Crippen LogP contribution in [0.2, 0.25) is 0 Å². The van der Waals surface area contributed by atoms with Crippen LogP contribution in [0, 0.1) is 12.7 Å². The zero-order valence-electron chi connectivity index (χ0n) is 17.5. The van der Waals surface area contributed by atoms with E-state index < -0.39 is 0 Å². The van der Waals surface area contributed by atoms with E-state index in [1.54, 1.807) is 0 Å². The average Bonchev–Trinajstić information content (AvgIpc) is 3.44. The zero-order valence-corrected chi connectivity index (χ0v) is 18.4. The molecule has 3 aliphatic rings. The topological polar surface area (TPSA) is 71.8 Å². The minimum absolute atomic E-state index is 0.177. The van der Waals surface area contributed by atoms with Gasteiger partial charge in [0.15, 0.2) is 0 Å². The molecule has 0 radical (unpaired) electrons. The molecular weight excluding hydrogens is 413 g/mol. The minimum atomic E-state index is -0.201. The first-order chi connectivity index (χ1) is 15.1. The highest BCUT2D eigenvalue weighted by Gasteiger charge is 2.42. The van der Waals surface area contributed by atoms with Crippen LogP contribution in [0.15, 0.2) is 24.3 Å². The third kappa shape index (κ3) is 3.48. The fourth-order valence-corrected chi connectivity index (χ4v) is 6.42. The molecule has 7 nitrogen and oxygen atoms in total. The molecule has 31 heavy (non-hydrogen) atoms. The molecule has 0 amide bonds. The predicted molar refractivity (Wildman–Crippen MR) is 118 cm³/mol. The fourth-order valence-electron chi connectivity index (χ4n) is 5.60. The van der Waals surface area contributed by atoms with Gasteiger partial charge in [-0.25, -0.2) is 14.1 Å². The lowest BCUT2D eigenvalue weighted by Gasteiger charge is -2.38. The molecule has 5 heterocycles. The summed E-state index contributed by atoms with van der Waals surface area (Å²) in [5.41, 5.74) is 1.11. The van der Waals surface area contributed by atoms with Crippen molar-refractivity contribution in [3.63, 3.8) is 0 Å². The highest BCUT2D eigenvalue weighted by atomic mass is 32.1. The Bertz CT molecular complexity index is 1060. The first-order valence-electron chi connectivity index (χ1n) is 11.2. The number of rotatable bonds is 4. The summed E-state index contributed by atoms with van der Waals surface area (Å²) in [4.78, 5) is 12.0. The summed E-state index contributed by atoms with van der Waals surface area (Å²) in [7, 11) is 0. The Morgan fingerprint density at radius 1 is 1.06 bits per heavy atom. The lowest BCUT2D eigenvalue weighted by Crippen LogP contribution is -2.47. The Hall–Kier alpha value is -2.55.